The minimum Gasteiger partial charge on any atom is -0.448 e. The second kappa shape index (κ2) is 7.80. The lowest BCUT2D eigenvalue weighted by Crippen LogP contribution is -1.98. The summed E-state index contributed by atoms with van der Waals surface area (Å²) in [5, 5.41) is 4.15. The first kappa shape index (κ1) is 19.7. The van der Waals surface area contributed by atoms with Gasteiger partial charge in [0.2, 0.25) is 5.50 Å². The van der Waals surface area contributed by atoms with E-state index in [9.17, 15) is 14.4 Å². The van der Waals surface area contributed by atoms with Crippen LogP contribution in [0.4, 0.5) is 10.8 Å². The SMILES string of the molecule is O=P(O)(O)c1ccc(-c2cccc(-c3cccc4nc(Nc5ccccc5)sc34)c2)o1. The van der Waals surface area contributed by atoms with Gasteiger partial charge in [-0.25, -0.2) is 4.98 Å². The number of para-hydroxylation sites is 1. The maximum Gasteiger partial charge on any atom is 0.391 e. The normalized spacial score (nSPS) is 11.7. The van der Waals surface area contributed by atoms with Gasteiger partial charge in [-0.15, -0.1) is 0 Å². The Morgan fingerprint density at radius 1 is 0.871 bits per heavy atom. The first-order chi connectivity index (χ1) is 15.0. The summed E-state index contributed by atoms with van der Waals surface area (Å²) in [6.45, 7) is 0. The lowest BCUT2D eigenvalue weighted by molar-refractivity contribution is 0.377. The second-order valence-electron chi connectivity index (χ2n) is 6.93. The Morgan fingerprint density at radius 2 is 1.65 bits per heavy atom. The number of thiazole rings is 1. The predicted octanol–water partition coefficient (Wildman–Crippen LogP) is 5.77. The van der Waals surface area contributed by atoms with E-state index in [1.807, 2.05) is 72.8 Å². The predicted molar refractivity (Wildman–Crippen MR) is 124 cm³/mol. The Hall–Kier alpha value is -3.22. The number of hydrogen-bond donors (Lipinski definition) is 3. The highest BCUT2D eigenvalue weighted by atomic mass is 32.1. The van der Waals surface area contributed by atoms with Crippen molar-refractivity contribution in [1.29, 1.82) is 0 Å². The summed E-state index contributed by atoms with van der Waals surface area (Å²) in [6, 6.07) is 26.5. The zero-order chi connectivity index (χ0) is 21.4. The molecule has 0 saturated carbocycles. The Morgan fingerprint density at radius 3 is 2.42 bits per heavy atom. The molecule has 0 atom stereocenters. The number of furan rings is 1. The number of aromatic nitrogens is 1. The van der Waals surface area contributed by atoms with E-state index in [0.717, 1.165) is 37.7 Å². The number of benzene rings is 3. The summed E-state index contributed by atoms with van der Waals surface area (Å²) in [5.41, 5.74) is 4.26. The molecular formula is C23H17N2O4PS. The van der Waals surface area contributed by atoms with Crippen LogP contribution in [0.25, 0.3) is 32.7 Å². The highest BCUT2D eigenvalue weighted by Crippen LogP contribution is 2.38. The summed E-state index contributed by atoms with van der Waals surface area (Å²) < 4.78 is 17.9. The van der Waals surface area contributed by atoms with Crippen LogP contribution >= 0.6 is 18.9 Å². The van der Waals surface area contributed by atoms with E-state index in [4.69, 9.17) is 9.40 Å². The van der Waals surface area contributed by atoms with E-state index in [1.54, 1.807) is 17.4 Å². The molecule has 154 valence electrons. The molecule has 0 aliphatic carbocycles. The van der Waals surface area contributed by atoms with Crippen LogP contribution in [-0.4, -0.2) is 14.8 Å². The van der Waals surface area contributed by atoms with Gasteiger partial charge in [0.25, 0.3) is 0 Å². The van der Waals surface area contributed by atoms with E-state index in [1.165, 1.54) is 6.07 Å². The van der Waals surface area contributed by atoms with E-state index < -0.39 is 7.60 Å². The molecule has 31 heavy (non-hydrogen) atoms. The van der Waals surface area contributed by atoms with Crippen molar-refractivity contribution < 1.29 is 18.8 Å². The van der Waals surface area contributed by atoms with Gasteiger partial charge in [-0.3, -0.25) is 4.57 Å². The van der Waals surface area contributed by atoms with Crippen molar-refractivity contribution >= 4 is 45.5 Å². The van der Waals surface area contributed by atoms with Gasteiger partial charge in [0.15, 0.2) is 5.13 Å². The third-order valence-corrected chi connectivity index (χ3v) is 6.61. The molecule has 6 nitrogen and oxygen atoms in total. The van der Waals surface area contributed by atoms with Crippen molar-refractivity contribution in [2.24, 2.45) is 0 Å². The first-order valence-corrected chi connectivity index (χ1v) is 11.9. The minimum atomic E-state index is -4.43. The lowest BCUT2D eigenvalue weighted by Gasteiger charge is -2.05. The molecule has 3 N–H and O–H groups in total. The van der Waals surface area contributed by atoms with Crippen LogP contribution in [0, 0.1) is 0 Å². The highest BCUT2D eigenvalue weighted by Gasteiger charge is 2.22. The number of rotatable bonds is 5. The van der Waals surface area contributed by atoms with E-state index in [-0.39, 0.29) is 5.50 Å². The standard InChI is InChI=1S/C23H17N2O4PS/c26-30(27,28)21-13-12-20(29-21)16-7-4-6-15(14-16)18-10-5-11-19-22(18)31-23(25-19)24-17-8-2-1-3-9-17/h1-14H,(H,24,25)(H2,26,27,28). The fourth-order valence-corrected chi connectivity index (χ4v) is 4.86. The molecule has 0 saturated heterocycles. The third-order valence-electron chi connectivity index (χ3n) is 4.78. The van der Waals surface area contributed by atoms with Gasteiger partial charge in [-0.2, -0.15) is 0 Å². The Kier molecular flexibility index (Phi) is 4.96. The summed E-state index contributed by atoms with van der Waals surface area (Å²) >= 11 is 1.57. The number of nitrogens with zero attached hydrogens (tertiary/aromatic N) is 1. The second-order valence-corrected chi connectivity index (χ2v) is 9.45. The molecule has 5 rings (SSSR count). The van der Waals surface area contributed by atoms with Crippen molar-refractivity contribution in [1.82, 2.24) is 4.98 Å². The molecule has 2 heterocycles. The van der Waals surface area contributed by atoms with Gasteiger partial charge in [0, 0.05) is 16.8 Å². The van der Waals surface area contributed by atoms with Crippen molar-refractivity contribution in [3.63, 3.8) is 0 Å². The van der Waals surface area contributed by atoms with Crippen LogP contribution in [0.1, 0.15) is 0 Å². The zero-order valence-electron chi connectivity index (χ0n) is 16.1. The molecular weight excluding hydrogens is 431 g/mol. The van der Waals surface area contributed by atoms with Gasteiger partial charge in [-0.1, -0.05) is 59.9 Å². The van der Waals surface area contributed by atoms with Gasteiger partial charge in [0.05, 0.1) is 10.2 Å². The number of hydrogen-bond acceptors (Lipinski definition) is 5. The fourth-order valence-electron chi connectivity index (χ4n) is 3.35. The minimum absolute atomic E-state index is 0.339. The highest BCUT2D eigenvalue weighted by molar-refractivity contribution is 7.59. The van der Waals surface area contributed by atoms with Crippen LogP contribution in [0.15, 0.2) is 89.3 Å². The largest absolute Gasteiger partial charge is 0.448 e. The Labute approximate surface area is 182 Å². The van der Waals surface area contributed by atoms with Crippen LogP contribution in [0.5, 0.6) is 0 Å². The number of anilines is 2. The van der Waals surface area contributed by atoms with E-state index >= 15 is 0 Å². The molecule has 2 aromatic heterocycles. The van der Waals surface area contributed by atoms with Crippen LogP contribution in [0.2, 0.25) is 0 Å². The van der Waals surface area contributed by atoms with Gasteiger partial charge < -0.3 is 19.5 Å². The number of nitrogens with one attached hydrogen (secondary N) is 1. The quantitative estimate of drug-likeness (QED) is 0.296. The Balaban J connectivity index is 1.53. The molecule has 0 fully saturated rings. The molecule has 0 bridgehead atoms. The molecule has 0 aliphatic rings. The average molecular weight is 448 g/mol. The molecule has 3 aromatic carbocycles. The maximum absolute atomic E-state index is 11.4. The van der Waals surface area contributed by atoms with Crippen LogP contribution in [-0.2, 0) is 4.57 Å². The van der Waals surface area contributed by atoms with Crippen molar-refractivity contribution in [3.8, 4) is 22.5 Å². The van der Waals surface area contributed by atoms with Crippen molar-refractivity contribution in [2.45, 2.75) is 0 Å². The molecule has 0 spiro atoms. The smallest absolute Gasteiger partial charge is 0.391 e. The van der Waals surface area contributed by atoms with Crippen LogP contribution in [0.3, 0.4) is 0 Å². The van der Waals surface area contributed by atoms with E-state index in [0.29, 0.717) is 5.76 Å². The van der Waals surface area contributed by atoms with Crippen molar-refractivity contribution in [2.75, 3.05) is 5.32 Å². The lowest BCUT2D eigenvalue weighted by atomic mass is 10.0. The van der Waals surface area contributed by atoms with E-state index in [2.05, 4.69) is 5.32 Å². The topological polar surface area (TPSA) is 95.6 Å². The van der Waals surface area contributed by atoms with Crippen LogP contribution < -0.4 is 10.8 Å². The number of fused-ring (bicyclic) bond motifs is 1. The summed E-state index contributed by atoms with van der Waals surface area (Å²) in [6.07, 6.45) is 0. The molecule has 8 heteroatoms. The zero-order valence-corrected chi connectivity index (χ0v) is 17.8. The Bertz CT molecular complexity index is 1420. The summed E-state index contributed by atoms with van der Waals surface area (Å²) in [4.78, 5) is 23.3. The van der Waals surface area contributed by atoms with Gasteiger partial charge >= 0.3 is 7.60 Å². The molecule has 0 amide bonds. The summed E-state index contributed by atoms with van der Waals surface area (Å²) in [7, 11) is -4.43. The summed E-state index contributed by atoms with van der Waals surface area (Å²) in [5.74, 6) is 0.406. The molecule has 0 unspecified atom stereocenters. The average Bonchev–Trinajstić information content (AvgIpc) is 3.41. The maximum atomic E-state index is 11.4. The molecule has 5 aromatic rings. The van der Waals surface area contributed by atoms with Gasteiger partial charge in [-0.05, 0) is 42.0 Å². The fraction of sp³-hybridized carbons (Fsp3) is 0. The monoisotopic (exact) mass is 448 g/mol. The first-order valence-electron chi connectivity index (χ1n) is 9.46. The molecule has 0 aliphatic heterocycles. The third kappa shape index (κ3) is 4.04. The van der Waals surface area contributed by atoms with Crippen molar-refractivity contribution in [3.05, 3.63) is 84.9 Å². The van der Waals surface area contributed by atoms with Gasteiger partial charge in [0.1, 0.15) is 5.76 Å². The molecule has 0 radical (unpaired) electrons.